The molecular formula is C16H16N2OS2. The van der Waals surface area contributed by atoms with E-state index in [1.54, 1.807) is 0 Å². The van der Waals surface area contributed by atoms with Gasteiger partial charge >= 0.3 is 0 Å². The predicted molar refractivity (Wildman–Crippen MR) is 90.4 cm³/mol. The second kappa shape index (κ2) is 4.58. The Morgan fingerprint density at radius 1 is 1.33 bits per heavy atom. The number of carbonyl (C=O) groups is 1. The summed E-state index contributed by atoms with van der Waals surface area (Å²) in [5.41, 5.74) is 1.79. The van der Waals surface area contributed by atoms with E-state index in [-0.39, 0.29) is 5.12 Å². The molecule has 2 aliphatic rings. The van der Waals surface area contributed by atoms with Crippen LogP contribution in [0.3, 0.4) is 0 Å². The van der Waals surface area contributed by atoms with Crippen molar-refractivity contribution in [2.75, 3.05) is 6.54 Å². The van der Waals surface area contributed by atoms with Gasteiger partial charge in [-0.25, -0.2) is 0 Å². The fourth-order valence-electron chi connectivity index (χ4n) is 3.73. The van der Waals surface area contributed by atoms with Crippen LogP contribution >= 0.6 is 24.0 Å². The molecule has 4 rings (SSSR count). The van der Waals surface area contributed by atoms with Gasteiger partial charge in [-0.15, -0.1) is 0 Å². The highest BCUT2D eigenvalue weighted by molar-refractivity contribution is 8.33. The molecule has 5 heteroatoms. The molecule has 1 saturated heterocycles. The normalized spacial score (nSPS) is 24.5. The van der Waals surface area contributed by atoms with Crippen molar-refractivity contribution in [2.24, 2.45) is 0 Å². The fraction of sp³-hybridized carbons (Fsp3) is 0.375. The molecule has 0 radical (unpaired) electrons. The number of fused-ring (bicyclic) bond motifs is 5. The molecule has 108 valence electrons. The summed E-state index contributed by atoms with van der Waals surface area (Å²) in [6.45, 7) is 3.85. The van der Waals surface area contributed by atoms with Gasteiger partial charge < -0.3 is 9.47 Å². The number of hydrogen-bond donors (Lipinski definition) is 0. The van der Waals surface area contributed by atoms with E-state index in [2.05, 4.69) is 46.7 Å². The lowest BCUT2D eigenvalue weighted by atomic mass is 9.88. The number of carbonyl (C=O) groups excluding carboxylic acids is 1. The predicted octanol–water partition coefficient (Wildman–Crippen LogP) is 3.51. The van der Waals surface area contributed by atoms with Crippen molar-refractivity contribution in [1.82, 2.24) is 9.47 Å². The van der Waals surface area contributed by atoms with Crippen LogP contribution in [-0.4, -0.2) is 25.4 Å². The molecule has 0 amide bonds. The Morgan fingerprint density at radius 3 is 2.95 bits per heavy atom. The Morgan fingerprint density at radius 2 is 2.14 bits per heavy atom. The minimum absolute atomic E-state index is 0.193. The summed E-state index contributed by atoms with van der Waals surface area (Å²) >= 11 is 6.69. The van der Waals surface area contributed by atoms with Crippen molar-refractivity contribution in [1.29, 1.82) is 0 Å². The zero-order valence-corrected chi connectivity index (χ0v) is 13.5. The molecule has 21 heavy (non-hydrogen) atoms. The molecule has 2 aliphatic heterocycles. The minimum Gasteiger partial charge on any atom is -0.340 e. The van der Waals surface area contributed by atoms with Crippen molar-refractivity contribution < 1.29 is 4.79 Å². The number of hydrogen-bond acceptors (Lipinski definition) is 3. The number of thioether (sulfide) groups is 1. The summed E-state index contributed by atoms with van der Waals surface area (Å²) in [5.74, 6) is 0. The highest BCUT2D eigenvalue weighted by Crippen LogP contribution is 2.48. The number of benzene rings is 1. The smallest absolute Gasteiger partial charge is 0.227 e. The number of nitrogens with zero attached hydrogens (tertiary/aromatic N) is 2. The molecule has 0 aliphatic carbocycles. The first-order chi connectivity index (χ1) is 10.2. The average Bonchev–Trinajstić information content (AvgIpc) is 2.97. The van der Waals surface area contributed by atoms with Crippen LogP contribution in [0, 0.1) is 0 Å². The SMILES string of the molecule is CCC[C@]12C(=O)SC(=S)N1CCn1c2cc2ccccc21. The van der Waals surface area contributed by atoms with E-state index in [9.17, 15) is 4.79 Å². The lowest BCUT2D eigenvalue weighted by Gasteiger charge is -2.42. The number of aromatic nitrogens is 1. The molecule has 3 heterocycles. The van der Waals surface area contributed by atoms with Crippen LogP contribution in [-0.2, 0) is 16.9 Å². The summed E-state index contributed by atoms with van der Waals surface area (Å²) < 4.78 is 3.05. The molecule has 0 spiro atoms. The average molecular weight is 316 g/mol. The molecule has 2 aromatic rings. The van der Waals surface area contributed by atoms with Crippen molar-refractivity contribution >= 4 is 44.3 Å². The molecular weight excluding hydrogens is 300 g/mol. The molecule has 0 unspecified atom stereocenters. The topological polar surface area (TPSA) is 25.2 Å². The lowest BCUT2D eigenvalue weighted by molar-refractivity contribution is -0.121. The number of para-hydroxylation sites is 1. The Balaban J connectivity index is 2.02. The molecule has 0 N–H and O–H groups in total. The van der Waals surface area contributed by atoms with Crippen LogP contribution in [0.15, 0.2) is 30.3 Å². The van der Waals surface area contributed by atoms with E-state index in [1.807, 2.05) is 0 Å². The van der Waals surface area contributed by atoms with Crippen LogP contribution in [0.5, 0.6) is 0 Å². The van der Waals surface area contributed by atoms with Gasteiger partial charge in [0.2, 0.25) is 5.12 Å². The highest BCUT2D eigenvalue weighted by Gasteiger charge is 2.55. The third-order valence-electron chi connectivity index (χ3n) is 4.59. The van der Waals surface area contributed by atoms with Gasteiger partial charge in [0.25, 0.3) is 0 Å². The van der Waals surface area contributed by atoms with E-state index in [4.69, 9.17) is 12.2 Å². The van der Waals surface area contributed by atoms with Gasteiger partial charge in [0.15, 0.2) is 5.54 Å². The van der Waals surface area contributed by atoms with E-state index in [0.717, 1.165) is 35.9 Å². The molecule has 1 aromatic carbocycles. The zero-order chi connectivity index (χ0) is 14.6. The van der Waals surface area contributed by atoms with Gasteiger partial charge in [-0.05, 0) is 35.7 Å². The summed E-state index contributed by atoms with van der Waals surface area (Å²) in [5, 5.41) is 1.40. The first kappa shape index (κ1) is 13.3. The highest BCUT2D eigenvalue weighted by atomic mass is 32.2. The first-order valence-corrected chi connectivity index (χ1v) is 8.53. The summed E-state index contributed by atoms with van der Waals surface area (Å²) in [7, 11) is 0. The molecule has 1 atom stereocenters. The Labute approximate surface area is 133 Å². The second-order valence-corrected chi connectivity index (χ2v) is 7.26. The van der Waals surface area contributed by atoms with Crippen molar-refractivity contribution in [2.45, 2.75) is 31.8 Å². The summed E-state index contributed by atoms with van der Waals surface area (Å²) in [6.07, 6.45) is 1.79. The van der Waals surface area contributed by atoms with Crippen LogP contribution in [0.4, 0.5) is 0 Å². The molecule has 0 saturated carbocycles. The third-order valence-corrected chi connectivity index (χ3v) is 5.98. The monoisotopic (exact) mass is 316 g/mol. The second-order valence-electron chi connectivity index (χ2n) is 5.66. The molecule has 0 bridgehead atoms. The Bertz CT molecular complexity index is 767. The summed E-state index contributed by atoms with van der Waals surface area (Å²) in [4.78, 5) is 15.0. The standard InChI is InChI=1S/C16H16N2OS2/c1-2-7-16-13-10-11-5-3-4-6-12(11)17(13)8-9-18(16)15(20)21-14(16)19/h3-6,10H,2,7-9H2,1H3/t16-/m0/s1. The first-order valence-electron chi connectivity index (χ1n) is 7.31. The van der Waals surface area contributed by atoms with Gasteiger partial charge in [-0.1, -0.05) is 43.8 Å². The fourth-order valence-corrected chi connectivity index (χ4v) is 5.21. The van der Waals surface area contributed by atoms with Crippen LogP contribution in [0.1, 0.15) is 25.5 Å². The molecule has 1 fully saturated rings. The third kappa shape index (κ3) is 1.62. The maximum atomic E-state index is 12.8. The maximum Gasteiger partial charge on any atom is 0.227 e. The quantitative estimate of drug-likeness (QED) is 0.792. The Hall–Kier alpha value is -1.33. The van der Waals surface area contributed by atoms with Gasteiger partial charge in [-0.2, -0.15) is 0 Å². The van der Waals surface area contributed by atoms with Crippen LogP contribution in [0.2, 0.25) is 0 Å². The lowest BCUT2D eigenvalue weighted by Crippen LogP contribution is -2.52. The van der Waals surface area contributed by atoms with Crippen LogP contribution < -0.4 is 0 Å². The number of rotatable bonds is 2. The van der Waals surface area contributed by atoms with Gasteiger partial charge in [0.05, 0.1) is 5.69 Å². The summed E-state index contributed by atoms with van der Waals surface area (Å²) in [6, 6.07) is 10.6. The molecule has 1 aromatic heterocycles. The van der Waals surface area contributed by atoms with Crippen LogP contribution in [0.25, 0.3) is 10.9 Å². The van der Waals surface area contributed by atoms with E-state index in [0.29, 0.717) is 0 Å². The van der Waals surface area contributed by atoms with E-state index in [1.165, 1.54) is 22.7 Å². The van der Waals surface area contributed by atoms with E-state index < -0.39 is 5.54 Å². The van der Waals surface area contributed by atoms with Gasteiger partial charge in [-0.3, -0.25) is 4.79 Å². The van der Waals surface area contributed by atoms with Crippen molar-refractivity contribution in [3.63, 3.8) is 0 Å². The van der Waals surface area contributed by atoms with Gasteiger partial charge in [0, 0.05) is 18.6 Å². The van der Waals surface area contributed by atoms with E-state index >= 15 is 0 Å². The zero-order valence-electron chi connectivity index (χ0n) is 11.8. The Kier molecular flexibility index (Phi) is 2.91. The maximum absolute atomic E-state index is 12.8. The minimum atomic E-state index is -0.548. The van der Waals surface area contributed by atoms with Gasteiger partial charge in [0.1, 0.15) is 4.32 Å². The van der Waals surface area contributed by atoms with Crippen molar-refractivity contribution in [3.8, 4) is 0 Å². The largest absolute Gasteiger partial charge is 0.340 e. The molecule has 3 nitrogen and oxygen atoms in total. The van der Waals surface area contributed by atoms with Crippen molar-refractivity contribution in [3.05, 3.63) is 36.0 Å². The number of thiocarbonyl (C=S) groups is 1.